The zero-order valence-electron chi connectivity index (χ0n) is 27.1. The van der Waals surface area contributed by atoms with E-state index in [1.54, 1.807) is 0 Å². The number of para-hydroxylation sites is 1. The van der Waals surface area contributed by atoms with Crippen LogP contribution in [0.25, 0.3) is 93.7 Å². The number of benzene rings is 8. The largest absolute Gasteiger partial charge is 0.507 e. The summed E-state index contributed by atoms with van der Waals surface area (Å²) in [5, 5.41) is 20.3. The van der Waals surface area contributed by atoms with Gasteiger partial charge in [0.25, 0.3) is 0 Å². The number of allylic oxidation sites excluding steroid dienone is 1. The molecule has 0 spiro atoms. The molecule has 49 heavy (non-hydrogen) atoms. The van der Waals surface area contributed by atoms with E-state index in [4.69, 9.17) is 4.42 Å². The molecule has 1 aromatic heterocycles. The molecule has 0 bridgehead atoms. The monoisotopic (exact) mass is 628 g/mol. The van der Waals surface area contributed by atoms with Crippen molar-refractivity contribution in [3.05, 3.63) is 157 Å². The van der Waals surface area contributed by atoms with E-state index in [1.165, 1.54) is 60.5 Å². The number of hydrogen-bond acceptors (Lipinski definition) is 2. The second-order valence-corrected chi connectivity index (χ2v) is 13.4. The summed E-state index contributed by atoms with van der Waals surface area (Å²) >= 11 is 0. The van der Waals surface area contributed by atoms with Crippen LogP contribution >= 0.6 is 0 Å². The molecule has 2 heteroatoms. The Labute approximate surface area is 284 Å². The first-order valence-corrected chi connectivity index (χ1v) is 17.1. The highest BCUT2D eigenvalue weighted by atomic mass is 16.3. The van der Waals surface area contributed by atoms with Crippen molar-refractivity contribution < 1.29 is 9.52 Å². The standard InChI is InChI=1S/C47H32O2/c1-28-12-10-21-38-40(27-30-13-11-22-41(48)45(30)44(28)38)47-36-19-6-4-17-34(36)46(35-18-5-7-20-37(35)47)33-16-3-2-14-31(33)29-24-25-43-39(26-29)32-15-8-9-23-42(32)49-43/h2-11,13-28,48H,12H2,1H3. The van der Waals surface area contributed by atoms with Crippen LogP contribution in [0.4, 0.5) is 0 Å². The zero-order chi connectivity index (χ0) is 32.6. The minimum absolute atomic E-state index is 0.295. The van der Waals surface area contributed by atoms with Crippen molar-refractivity contribution in [3.63, 3.8) is 0 Å². The van der Waals surface area contributed by atoms with Gasteiger partial charge in [0.05, 0.1) is 0 Å². The predicted molar refractivity (Wildman–Crippen MR) is 206 cm³/mol. The smallest absolute Gasteiger partial charge is 0.135 e. The molecule has 0 radical (unpaired) electrons. The lowest BCUT2D eigenvalue weighted by Crippen LogP contribution is -2.04. The van der Waals surface area contributed by atoms with Gasteiger partial charge in [0.2, 0.25) is 0 Å². The van der Waals surface area contributed by atoms with E-state index in [0.29, 0.717) is 11.7 Å². The third-order valence-corrected chi connectivity index (χ3v) is 10.6. The Morgan fingerprint density at radius 1 is 0.551 bits per heavy atom. The highest BCUT2D eigenvalue weighted by molar-refractivity contribution is 6.23. The molecule has 10 rings (SSSR count). The van der Waals surface area contributed by atoms with Gasteiger partial charge in [-0.1, -0.05) is 128 Å². The van der Waals surface area contributed by atoms with Crippen LogP contribution in [-0.2, 0) is 0 Å². The lowest BCUT2D eigenvalue weighted by molar-refractivity contribution is 0.481. The van der Waals surface area contributed by atoms with Gasteiger partial charge in [-0.05, 0) is 114 Å². The fourth-order valence-electron chi connectivity index (χ4n) is 8.45. The van der Waals surface area contributed by atoms with E-state index < -0.39 is 0 Å². The van der Waals surface area contributed by atoms with Crippen LogP contribution in [0.15, 0.2) is 150 Å². The van der Waals surface area contributed by atoms with Gasteiger partial charge in [0, 0.05) is 16.2 Å². The van der Waals surface area contributed by atoms with E-state index >= 15 is 0 Å². The van der Waals surface area contributed by atoms with Gasteiger partial charge < -0.3 is 9.52 Å². The van der Waals surface area contributed by atoms with Crippen LogP contribution in [0.2, 0.25) is 0 Å². The lowest BCUT2D eigenvalue weighted by atomic mass is 9.78. The van der Waals surface area contributed by atoms with Crippen LogP contribution in [-0.4, -0.2) is 5.11 Å². The van der Waals surface area contributed by atoms with Crippen molar-refractivity contribution in [3.8, 4) is 39.1 Å². The summed E-state index contributed by atoms with van der Waals surface area (Å²) in [6.45, 7) is 2.28. The number of aromatic hydroxyl groups is 1. The van der Waals surface area contributed by atoms with E-state index in [9.17, 15) is 5.11 Å². The van der Waals surface area contributed by atoms with Crippen LogP contribution < -0.4 is 0 Å². The molecule has 232 valence electrons. The topological polar surface area (TPSA) is 33.4 Å². The second-order valence-electron chi connectivity index (χ2n) is 13.4. The summed E-state index contributed by atoms with van der Waals surface area (Å²) in [6, 6.07) is 49.6. The average Bonchev–Trinajstić information content (AvgIpc) is 3.52. The van der Waals surface area contributed by atoms with E-state index in [2.05, 4.69) is 134 Å². The summed E-state index contributed by atoms with van der Waals surface area (Å²) in [5.41, 5.74) is 11.5. The molecular weight excluding hydrogens is 597 g/mol. The molecule has 0 saturated carbocycles. The maximum Gasteiger partial charge on any atom is 0.135 e. The third-order valence-electron chi connectivity index (χ3n) is 10.6. The van der Waals surface area contributed by atoms with Crippen LogP contribution in [0.1, 0.15) is 30.4 Å². The molecule has 9 aromatic rings. The van der Waals surface area contributed by atoms with Crippen molar-refractivity contribution in [2.24, 2.45) is 0 Å². The highest BCUT2D eigenvalue weighted by Crippen LogP contribution is 2.50. The van der Waals surface area contributed by atoms with Crippen molar-refractivity contribution in [1.82, 2.24) is 0 Å². The van der Waals surface area contributed by atoms with E-state index in [-0.39, 0.29) is 0 Å². The summed E-state index contributed by atoms with van der Waals surface area (Å²) in [7, 11) is 0. The average molecular weight is 629 g/mol. The maximum absolute atomic E-state index is 11.1. The van der Waals surface area contributed by atoms with Gasteiger partial charge in [-0.25, -0.2) is 0 Å². The quantitative estimate of drug-likeness (QED) is 0.198. The molecule has 0 fully saturated rings. The second kappa shape index (κ2) is 10.7. The molecule has 1 aliphatic carbocycles. The SMILES string of the molecule is CC1CC=Cc2c(-c3c4ccccc4c(-c4ccccc4-c4ccc5oc6ccccc6c5c4)c4ccccc34)cc3cccc(O)c3c21. The molecule has 1 atom stereocenters. The van der Waals surface area contributed by atoms with Crippen molar-refractivity contribution >= 4 is 60.3 Å². The fourth-order valence-corrected chi connectivity index (χ4v) is 8.45. The van der Waals surface area contributed by atoms with Gasteiger partial charge in [-0.15, -0.1) is 0 Å². The Kier molecular flexibility index (Phi) is 6.10. The maximum atomic E-state index is 11.1. The Morgan fingerprint density at radius 3 is 1.90 bits per heavy atom. The summed E-state index contributed by atoms with van der Waals surface area (Å²) < 4.78 is 6.19. The molecule has 2 nitrogen and oxygen atoms in total. The molecular formula is C47H32O2. The molecule has 1 unspecified atom stereocenters. The van der Waals surface area contributed by atoms with E-state index in [0.717, 1.165) is 44.7 Å². The summed E-state index contributed by atoms with van der Waals surface area (Å²) in [4.78, 5) is 0. The summed E-state index contributed by atoms with van der Waals surface area (Å²) in [5.74, 6) is 0.648. The van der Waals surface area contributed by atoms with E-state index in [1.807, 2.05) is 24.3 Å². The first-order chi connectivity index (χ1) is 24.2. The predicted octanol–water partition coefficient (Wildman–Crippen LogP) is 13.3. The number of rotatable bonds is 3. The fraction of sp³-hybridized carbons (Fsp3) is 0.0638. The normalized spacial score (nSPS) is 14.3. The van der Waals surface area contributed by atoms with Gasteiger partial charge >= 0.3 is 0 Å². The van der Waals surface area contributed by atoms with Crippen LogP contribution in [0.5, 0.6) is 5.75 Å². The number of hydrogen-bond donors (Lipinski definition) is 1. The molecule has 0 saturated heterocycles. The number of fused-ring (bicyclic) bond motifs is 8. The van der Waals surface area contributed by atoms with Gasteiger partial charge in [0.15, 0.2) is 0 Å². The molecule has 0 amide bonds. The molecule has 8 aromatic carbocycles. The molecule has 0 aliphatic heterocycles. The Balaban J connectivity index is 1.29. The summed E-state index contributed by atoms with van der Waals surface area (Å²) in [6.07, 6.45) is 5.52. The minimum atomic E-state index is 0.295. The number of furan rings is 1. The molecule has 1 aliphatic rings. The Morgan fingerprint density at radius 2 is 1.16 bits per heavy atom. The third kappa shape index (κ3) is 4.14. The van der Waals surface area contributed by atoms with Gasteiger partial charge in [-0.2, -0.15) is 0 Å². The lowest BCUT2D eigenvalue weighted by Gasteiger charge is -2.26. The first kappa shape index (κ1) is 27.9. The van der Waals surface area contributed by atoms with Gasteiger partial charge in [0.1, 0.15) is 16.9 Å². The van der Waals surface area contributed by atoms with Crippen LogP contribution in [0, 0.1) is 0 Å². The van der Waals surface area contributed by atoms with Crippen molar-refractivity contribution in [1.29, 1.82) is 0 Å². The van der Waals surface area contributed by atoms with Crippen molar-refractivity contribution in [2.75, 3.05) is 0 Å². The first-order valence-electron chi connectivity index (χ1n) is 17.1. The molecule has 1 heterocycles. The minimum Gasteiger partial charge on any atom is -0.507 e. The Bertz CT molecular complexity index is 2780. The number of phenolic OH excluding ortho intramolecular Hbond substituents is 1. The molecule has 1 N–H and O–H groups in total. The number of phenols is 1. The zero-order valence-corrected chi connectivity index (χ0v) is 27.1. The van der Waals surface area contributed by atoms with Gasteiger partial charge in [-0.3, -0.25) is 0 Å². The highest BCUT2D eigenvalue weighted by Gasteiger charge is 2.25. The van der Waals surface area contributed by atoms with Crippen LogP contribution in [0.3, 0.4) is 0 Å². The Hall–Kier alpha value is -6.12. The van der Waals surface area contributed by atoms with Crippen molar-refractivity contribution in [2.45, 2.75) is 19.3 Å².